The second kappa shape index (κ2) is 8.67. The number of carbonyl (C=O) groups is 1. The zero-order valence-electron chi connectivity index (χ0n) is 14.7. The van der Waals surface area contributed by atoms with Crippen molar-refractivity contribution in [3.63, 3.8) is 0 Å². The van der Waals surface area contributed by atoms with Gasteiger partial charge in [-0.2, -0.15) is 0 Å². The van der Waals surface area contributed by atoms with E-state index in [1.165, 1.54) is 5.56 Å². The summed E-state index contributed by atoms with van der Waals surface area (Å²) in [5, 5.41) is 6.48. The lowest BCUT2D eigenvalue weighted by Crippen LogP contribution is -2.47. The first-order valence-corrected chi connectivity index (χ1v) is 8.98. The molecule has 2 aromatic rings. The van der Waals surface area contributed by atoms with Gasteiger partial charge in [-0.15, -0.1) is 0 Å². The van der Waals surface area contributed by atoms with Crippen molar-refractivity contribution in [1.82, 2.24) is 10.6 Å². The van der Waals surface area contributed by atoms with E-state index in [1.54, 1.807) is 0 Å². The van der Waals surface area contributed by atoms with E-state index in [1.807, 2.05) is 36.4 Å². The molecule has 1 aliphatic heterocycles. The Hall–Kier alpha value is -2.33. The van der Waals surface area contributed by atoms with Gasteiger partial charge in [0.05, 0.1) is 0 Å². The molecular weight excluding hydrogens is 312 g/mol. The van der Waals surface area contributed by atoms with Crippen LogP contribution in [0, 0.1) is 0 Å². The van der Waals surface area contributed by atoms with Crippen LogP contribution in [0.15, 0.2) is 54.6 Å². The van der Waals surface area contributed by atoms with Gasteiger partial charge < -0.3 is 15.4 Å². The Morgan fingerprint density at radius 3 is 2.72 bits per heavy atom. The van der Waals surface area contributed by atoms with Crippen LogP contribution in [0.25, 0.3) is 0 Å². The molecule has 0 aromatic heterocycles. The highest BCUT2D eigenvalue weighted by atomic mass is 16.5. The first-order chi connectivity index (χ1) is 12.2. The highest BCUT2D eigenvalue weighted by molar-refractivity contribution is 5.77. The van der Waals surface area contributed by atoms with E-state index in [0.29, 0.717) is 6.04 Å². The van der Waals surface area contributed by atoms with Crippen LogP contribution in [0.4, 0.5) is 0 Å². The second-order valence-electron chi connectivity index (χ2n) is 6.70. The van der Waals surface area contributed by atoms with Crippen LogP contribution in [0.1, 0.15) is 30.9 Å². The van der Waals surface area contributed by atoms with Gasteiger partial charge in [0.25, 0.3) is 5.91 Å². The summed E-state index contributed by atoms with van der Waals surface area (Å²) < 4.78 is 5.81. The van der Waals surface area contributed by atoms with Gasteiger partial charge in [0.1, 0.15) is 5.75 Å². The maximum absolute atomic E-state index is 12.2. The molecule has 1 amide bonds. The highest BCUT2D eigenvalue weighted by Gasteiger charge is 2.20. The summed E-state index contributed by atoms with van der Waals surface area (Å²) in [6.45, 7) is 3.16. The molecule has 2 N–H and O–H groups in total. The van der Waals surface area contributed by atoms with Crippen molar-refractivity contribution >= 4 is 5.91 Å². The summed E-state index contributed by atoms with van der Waals surface area (Å²) in [6, 6.07) is 18.9. The Morgan fingerprint density at radius 1 is 1.16 bits per heavy atom. The summed E-state index contributed by atoms with van der Waals surface area (Å²) in [7, 11) is 0. The molecule has 0 radical (unpaired) electrons. The van der Waals surface area contributed by atoms with Crippen LogP contribution in [0.2, 0.25) is 0 Å². The van der Waals surface area contributed by atoms with Crippen LogP contribution < -0.4 is 15.4 Å². The molecule has 0 bridgehead atoms. The molecule has 0 saturated carbocycles. The van der Waals surface area contributed by atoms with Crippen molar-refractivity contribution in [3.05, 3.63) is 65.7 Å². The SMILES string of the molecule is CC1CC(NC(=O)COc2ccccc2Cc2ccccc2)CCN1. The molecule has 4 nitrogen and oxygen atoms in total. The zero-order valence-corrected chi connectivity index (χ0v) is 14.7. The average molecular weight is 338 g/mol. The number of rotatable bonds is 6. The Balaban J connectivity index is 1.55. The van der Waals surface area contributed by atoms with Gasteiger partial charge in [0.15, 0.2) is 6.61 Å². The van der Waals surface area contributed by atoms with Crippen molar-refractivity contribution in [1.29, 1.82) is 0 Å². The Bertz CT molecular complexity index is 687. The van der Waals surface area contributed by atoms with E-state index in [0.717, 1.165) is 37.1 Å². The Kier molecular flexibility index (Phi) is 6.07. The Labute approximate surface area is 149 Å². The van der Waals surface area contributed by atoms with Gasteiger partial charge in [-0.3, -0.25) is 4.79 Å². The molecule has 1 aliphatic rings. The number of amides is 1. The Morgan fingerprint density at radius 2 is 1.92 bits per heavy atom. The third kappa shape index (κ3) is 5.33. The fraction of sp³-hybridized carbons (Fsp3) is 0.381. The van der Waals surface area contributed by atoms with E-state index < -0.39 is 0 Å². The van der Waals surface area contributed by atoms with Crippen LogP contribution in [-0.2, 0) is 11.2 Å². The molecule has 0 spiro atoms. The molecule has 132 valence electrons. The lowest BCUT2D eigenvalue weighted by atomic mass is 10.0. The van der Waals surface area contributed by atoms with Gasteiger partial charge >= 0.3 is 0 Å². The molecule has 2 atom stereocenters. The van der Waals surface area contributed by atoms with E-state index in [2.05, 4.69) is 35.8 Å². The maximum atomic E-state index is 12.2. The van der Waals surface area contributed by atoms with E-state index in [9.17, 15) is 4.79 Å². The summed E-state index contributed by atoms with van der Waals surface area (Å²) >= 11 is 0. The van der Waals surface area contributed by atoms with E-state index in [4.69, 9.17) is 4.74 Å². The molecule has 1 heterocycles. The van der Waals surface area contributed by atoms with Crippen molar-refractivity contribution < 1.29 is 9.53 Å². The number of benzene rings is 2. The van der Waals surface area contributed by atoms with Gasteiger partial charge in [-0.25, -0.2) is 0 Å². The largest absolute Gasteiger partial charge is 0.483 e. The molecule has 2 unspecified atom stereocenters. The first kappa shape index (κ1) is 17.5. The van der Waals surface area contributed by atoms with Crippen LogP contribution in [-0.4, -0.2) is 31.1 Å². The van der Waals surface area contributed by atoms with Gasteiger partial charge in [0.2, 0.25) is 0 Å². The summed E-state index contributed by atoms with van der Waals surface area (Å²) in [4.78, 5) is 12.2. The molecule has 1 saturated heterocycles. The number of carbonyl (C=O) groups excluding carboxylic acids is 1. The number of nitrogens with one attached hydrogen (secondary N) is 2. The number of hydrogen-bond acceptors (Lipinski definition) is 3. The summed E-state index contributed by atoms with van der Waals surface area (Å²) in [6.07, 6.45) is 2.74. The van der Waals surface area contributed by atoms with Gasteiger partial charge in [-0.05, 0) is 43.5 Å². The fourth-order valence-corrected chi connectivity index (χ4v) is 3.28. The quantitative estimate of drug-likeness (QED) is 0.851. The lowest BCUT2D eigenvalue weighted by Gasteiger charge is -2.28. The minimum atomic E-state index is -0.0476. The molecule has 2 aromatic carbocycles. The van der Waals surface area contributed by atoms with Crippen molar-refractivity contribution in [2.24, 2.45) is 0 Å². The van der Waals surface area contributed by atoms with Crippen LogP contribution >= 0.6 is 0 Å². The standard InChI is InChI=1S/C21H26N2O2/c1-16-13-19(11-12-22-16)23-21(24)15-25-20-10-6-5-9-18(20)14-17-7-3-2-4-8-17/h2-10,16,19,22H,11-15H2,1H3,(H,23,24). The average Bonchev–Trinajstić information content (AvgIpc) is 2.62. The minimum absolute atomic E-state index is 0.0476. The molecule has 0 aliphatic carbocycles. The third-order valence-corrected chi connectivity index (χ3v) is 4.56. The second-order valence-corrected chi connectivity index (χ2v) is 6.70. The maximum Gasteiger partial charge on any atom is 0.258 e. The summed E-state index contributed by atoms with van der Waals surface area (Å²) in [5.41, 5.74) is 2.32. The first-order valence-electron chi connectivity index (χ1n) is 8.98. The fourth-order valence-electron chi connectivity index (χ4n) is 3.28. The van der Waals surface area contributed by atoms with Crippen molar-refractivity contribution in [2.45, 2.75) is 38.3 Å². The predicted octanol–water partition coefficient (Wildman–Crippen LogP) is 2.91. The van der Waals surface area contributed by atoms with E-state index in [-0.39, 0.29) is 18.6 Å². The minimum Gasteiger partial charge on any atom is -0.483 e. The smallest absolute Gasteiger partial charge is 0.258 e. The molecule has 4 heteroatoms. The molecule has 1 fully saturated rings. The highest BCUT2D eigenvalue weighted by Crippen LogP contribution is 2.21. The van der Waals surface area contributed by atoms with Gasteiger partial charge in [0, 0.05) is 18.5 Å². The third-order valence-electron chi connectivity index (χ3n) is 4.56. The number of ether oxygens (including phenoxy) is 1. The molecular formula is C21H26N2O2. The normalized spacial score (nSPS) is 20.0. The lowest BCUT2D eigenvalue weighted by molar-refractivity contribution is -0.124. The van der Waals surface area contributed by atoms with Crippen LogP contribution in [0.5, 0.6) is 5.75 Å². The van der Waals surface area contributed by atoms with E-state index >= 15 is 0 Å². The number of piperidine rings is 1. The summed E-state index contributed by atoms with van der Waals surface area (Å²) in [5.74, 6) is 0.730. The molecule has 3 rings (SSSR count). The molecule has 25 heavy (non-hydrogen) atoms. The van der Waals surface area contributed by atoms with Crippen molar-refractivity contribution in [2.75, 3.05) is 13.2 Å². The zero-order chi connectivity index (χ0) is 17.5. The monoisotopic (exact) mass is 338 g/mol. The number of hydrogen-bond donors (Lipinski definition) is 2. The topological polar surface area (TPSA) is 50.4 Å². The number of para-hydroxylation sites is 1. The van der Waals surface area contributed by atoms with Crippen molar-refractivity contribution in [3.8, 4) is 5.75 Å². The van der Waals surface area contributed by atoms with Gasteiger partial charge in [-0.1, -0.05) is 48.5 Å². The predicted molar refractivity (Wildman–Crippen MR) is 99.8 cm³/mol. The van der Waals surface area contributed by atoms with Crippen LogP contribution in [0.3, 0.4) is 0 Å².